The van der Waals surface area contributed by atoms with Gasteiger partial charge in [0.1, 0.15) is 17.2 Å². The number of aromatic amines is 1. The van der Waals surface area contributed by atoms with Crippen LogP contribution in [0.1, 0.15) is 29.2 Å². The SMILES string of the molecule is COc1c(-c2cc(F)c3[nH]c(=O)ccc3c2)c(F)cc2c(=O)c(C(=O)O)cn(C3CC3)c12. The third-order valence-electron chi connectivity index (χ3n) is 5.67. The van der Waals surface area contributed by atoms with Gasteiger partial charge in [0.25, 0.3) is 0 Å². The first-order chi connectivity index (χ1) is 15.3. The first kappa shape index (κ1) is 19.9. The van der Waals surface area contributed by atoms with E-state index in [1.54, 1.807) is 4.57 Å². The Bertz CT molecular complexity index is 1570. The molecule has 0 atom stereocenters. The summed E-state index contributed by atoms with van der Waals surface area (Å²) in [5.74, 6) is -3.01. The minimum absolute atomic E-state index is 0.00381. The number of ether oxygens (including phenoxy) is 1. The average molecular weight is 438 g/mol. The summed E-state index contributed by atoms with van der Waals surface area (Å²) in [4.78, 5) is 38.3. The van der Waals surface area contributed by atoms with E-state index in [9.17, 15) is 23.9 Å². The number of benzene rings is 2. The van der Waals surface area contributed by atoms with Gasteiger partial charge in [-0.15, -0.1) is 0 Å². The summed E-state index contributed by atoms with van der Waals surface area (Å²) in [5.41, 5.74) is -1.43. The van der Waals surface area contributed by atoms with Crippen molar-refractivity contribution in [3.63, 3.8) is 0 Å². The fourth-order valence-corrected chi connectivity index (χ4v) is 4.08. The van der Waals surface area contributed by atoms with Crippen LogP contribution in [0.3, 0.4) is 0 Å². The average Bonchev–Trinajstić information content (AvgIpc) is 3.59. The highest BCUT2D eigenvalue weighted by molar-refractivity contribution is 5.98. The third-order valence-corrected chi connectivity index (χ3v) is 5.67. The van der Waals surface area contributed by atoms with Gasteiger partial charge in [0.2, 0.25) is 11.0 Å². The Kier molecular flexibility index (Phi) is 4.37. The Morgan fingerprint density at radius 1 is 1.16 bits per heavy atom. The van der Waals surface area contributed by atoms with Gasteiger partial charge in [0.05, 0.1) is 29.1 Å². The predicted octanol–water partition coefficient (Wildman–Crippen LogP) is 3.83. The van der Waals surface area contributed by atoms with Crippen LogP contribution in [0.25, 0.3) is 32.9 Å². The van der Waals surface area contributed by atoms with E-state index in [1.807, 2.05) is 0 Å². The molecule has 32 heavy (non-hydrogen) atoms. The highest BCUT2D eigenvalue weighted by Crippen LogP contribution is 2.44. The van der Waals surface area contributed by atoms with Gasteiger partial charge < -0.3 is 19.4 Å². The van der Waals surface area contributed by atoms with Crippen molar-refractivity contribution in [3.05, 3.63) is 74.3 Å². The molecule has 2 N–H and O–H groups in total. The van der Waals surface area contributed by atoms with Crippen LogP contribution in [0.5, 0.6) is 5.75 Å². The number of carboxylic acid groups (broad SMARTS) is 1. The Balaban J connectivity index is 1.89. The smallest absolute Gasteiger partial charge is 0.341 e. The first-order valence-corrected chi connectivity index (χ1v) is 9.81. The van der Waals surface area contributed by atoms with E-state index in [2.05, 4.69) is 4.98 Å². The van der Waals surface area contributed by atoms with Crippen molar-refractivity contribution in [3.8, 4) is 16.9 Å². The number of pyridine rings is 2. The van der Waals surface area contributed by atoms with Crippen LogP contribution in [0.4, 0.5) is 8.78 Å². The summed E-state index contributed by atoms with van der Waals surface area (Å²) >= 11 is 0. The second-order valence-corrected chi connectivity index (χ2v) is 7.72. The molecule has 9 heteroatoms. The molecule has 5 rings (SSSR count). The molecule has 1 aliphatic rings. The van der Waals surface area contributed by atoms with Crippen LogP contribution >= 0.6 is 0 Å². The van der Waals surface area contributed by atoms with E-state index in [4.69, 9.17) is 4.74 Å². The predicted molar refractivity (Wildman–Crippen MR) is 113 cm³/mol. The van der Waals surface area contributed by atoms with E-state index in [0.29, 0.717) is 5.39 Å². The fourth-order valence-electron chi connectivity index (χ4n) is 4.08. The maximum atomic E-state index is 15.4. The van der Waals surface area contributed by atoms with E-state index >= 15 is 4.39 Å². The zero-order valence-corrected chi connectivity index (χ0v) is 16.7. The maximum Gasteiger partial charge on any atom is 0.341 e. The number of aromatic carboxylic acids is 1. The number of methoxy groups -OCH3 is 1. The van der Waals surface area contributed by atoms with Gasteiger partial charge in [-0.25, -0.2) is 13.6 Å². The summed E-state index contributed by atoms with van der Waals surface area (Å²) in [6.45, 7) is 0. The minimum Gasteiger partial charge on any atom is -0.494 e. The molecule has 2 aromatic carbocycles. The highest BCUT2D eigenvalue weighted by atomic mass is 19.1. The second kappa shape index (κ2) is 7.01. The van der Waals surface area contributed by atoms with Crippen LogP contribution in [0, 0.1) is 11.6 Å². The highest BCUT2D eigenvalue weighted by Gasteiger charge is 2.30. The molecule has 162 valence electrons. The van der Waals surface area contributed by atoms with E-state index in [0.717, 1.165) is 25.0 Å². The molecule has 0 amide bonds. The zero-order chi connectivity index (χ0) is 22.7. The quantitative estimate of drug-likeness (QED) is 0.504. The second-order valence-electron chi connectivity index (χ2n) is 7.72. The molecular weight excluding hydrogens is 422 g/mol. The van der Waals surface area contributed by atoms with Gasteiger partial charge in [-0.3, -0.25) is 9.59 Å². The lowest BCUT2D eigenvalue weighted by molar-refractivity contribution is 0.0695. The molecule has 1 fully saturated rings. The standard InChI is InChI=1S/C23H16F2N2O5/c1-32-22-18(11-6-10-2-5-17(28)26-19(10)16(25)7-11)15(24)8-13-20(22)27(12-3-4-12)9-14(21(13)29)23(30)31/h2,5-9,12H,3-4H2,1H3,(H,26,28)(H,30,31). The summed E-state index contributed by atoms with van der Waals surface area (Å²) in [7, 11) is 1.30. The molecule has 0 spiro atoms. The Morgan fingerprint density at radius 3 is 2.56 bits per heavy atom. The molecule has 2 aromatic heterocycles. The van der Waals surface area contributed by atoms with Gasteiger partial charge in [-0.2, -0.15) is 0 Å². The van der Waals surface area contributed by atoms with Gasteiger partial charge in [-0.1, -0.05) is 0 Å². The monoisotopic (exact) mass is 438 g/mol. The minimum atomic E-state index is -1.40. The number of fused-ring (bicyclic) bond motifs is 2. The first-order valence-electron chi connectivity index (χ1n) is 9.81. The normalized spacial score (nSPS) is 13.6. The molecule has 0 unspecified atom stereocenters. The maximum absolute atomic E-state index is 15.4. The number of nitrogens with one attached hydrogen (secondary N) is 1. The van der Waals surface area contributed by atoms with E-state index in [-0.39, 0.29) is 39.3 Å². The number of carboxylic acids is 1. The number of H-pyrrole nitrogens is 1. The number of carbonyl (C=O) groups is 1. The third kappa shape index (κ3) is 2.96. The van der Waals surface area contributed by atoms with Crippen LogP contribution in [-0.2, 0) is 0 Å². The van der Waals surface area contributed by atoms with Crippen molar-refractivity contribution in [2.45, 2.75) is 18.9 Å². The largest absolute Gasteiger partial charge is 0.494 e. The number of aromatic nitrogens is 2. The molecule has 1 aliphatic carbocycles. The number of nitrogens with zero attached hydrogens (tertiary/aromatic N) is 1. The molecule has 4 aromatic rings. The number of hydrogen-bond donors (Lipinski definition) is 2. The van der Waals surface area contributed by atoms with Gasteiger partial charge in [0, 0.05) is 23.7 Å². The van der Waals surface area contributed by atoms with Crippen molar-refractivity contribution in [2.24, 2.45) is 0 Å². The zero-order valence-electron chi connectivity index (χ0n) is 16.7. The topological polar surface area (TPSA) is 101 Å². The molecule has 0 bridgehead atoms. The molecule has 0 radical (unpaired) electrons. The summed E-state index contributed by atoms with van der Waals surface area (Å²) < 4.78 is 37.3. The van der Waals surface area contributed by atoms with Crippen molar-refractivity contribution in [1.82, 2.24) is 9.55 Å². The molecule has 0 aliphatic heterocycles. The van der Waals surface area contributed by atoms with Crippen molar-refractivity contribution in [2.75, 3.05) is 7.11 Å². The van der Waals surface area contributed by atoms with E-state index in [1.165, 1.54) is 31.5 Å². The van der Waals surface area contributed by atoms with Gasteiger partial charge >= 0.3 is 5.97 Å². The van der Waals surface area contributed by atoms with E-state index < -0.39 is 34.2 Å². The molecule has 7 nitrogen and oxygen atoms in total. The lowest BCUT2D eigenvalue weighted by Crippen LogP contribution is -2.19. The number of halogens is 2. The lowest BCUT2D eigenvalue weighted by atomic mass is 9.98. The summed E-state index contributed by atoms with van der Waals surface area (Å²) in [6.07, 6.45) is 2.79. The Labute approximate surface area is 178 Å². The number of rotatable bonds is 4. The van der Waals surface area contributed by atoms with Crippen molar-refractivity contribution >= 4 is 27.8 Å². The van der Waals surface area contributed by atoms with Gasteiger partial charge in [0.15, 0.2) is 5.75 Å². The summed E-state index contributed by atoms with van der Waals surface area (Å²) in [6, 6.07) is 6.16. The van der Waals surface area contributed by atoms with Crippen molar-refractivity contribution < 1.29 is 23.4 Å². The molecule has 2 heterocycles. The fraction of sp³-hybridized carbons (Fsp3) is 0.174. The van der Waals surface area contributed by atoms with Crippen molar-refractivity contribution in [1.29, 1.82) is 0 Å². The lowest BCUT2D eigenvalue weighted by Gasteiger charge is -2.18. The molecule has 1 saturated carbocycles. The van der Waals surface area contributed by atoms with Crippen LogP contribution in [0.15, 0.2) is 46.1 Å². The molecule has 0 saturated heterocycles. The van der Waals surface area contributed by atoms with Crippen LogP contribution in [-0.4, -0.2) is 27.7 Å². The number of hydrogen-bond acceptors (Lipinski definition) is 4. The summed E-state index contributed by atoms with van der Waals surface area (Å²) in [5, 5.41) is 9.65. The Morgan fingerprint density at radius 2 is 1.91 bits per heavy atom. The molecular formula is C23H16F2N2O5. The van der Waals surface area contributed by atoms with Crippen LogP contribution < -0.4 is 15.7 Å². The van der Waals surface area contributed by atoms with Crippen LogP contribution in [0.2, 0.25) is 0 Å². The van der Waals surface area contributed by atoms with Gasteiger partial charge in [-0.05, 0) is 42.7 Å². The Hall–Kier alpha value is -4.01.